The van der Waals surface area contributed by atoms with Crippen LogP contribution in [0.25, 0.3) is 0 Å². The van der Waals surface area contributed by atoms with Gasteiger partial charge in [0, 0.05) is 46.5 Å². The molecule has 0 aromatic rings. The fraction of sp³-hybridized carbons (Fsp3) is 1.00. The zero-order valence-corrected chi connectivity index (χ0v) is 11.1. The Hall–Kier alpha value is -0.160. The van der Waals surface area contributed by atoms with Gasteiger partial charge in [-0.1, -0.05) is 13.8 Å². The molecular weight excluding hydrogens is 204 g/mol. The van der Waals surface area contributed by atoms with Gasteiger partial charge in [-0.05, 0) is 12.3 Å². The van der Waals surface area contributed by atoms with E-state index in [4.69, 9.17) is 15.2 Å². The van der Waals surface area contributed by atoms with Gasteiger partial charge in [0.1, 0.15) is 0 Å². The van der Waals surface area contributed by atoms with E-state index in [1.807, 2.05) is 0 Å². The molecule has 0 aliphatic carbocycles. The van der Waals surface area contributed by atoms with Crippen molar-refractivity contribution in [1.29, 1.82) is 0 Å². The van der Waals surface area contributed by atoms with Crippen molar-refractivity contribution < 1.29 is 9.47 Å². The van der Waals surface area contributed by atoms with Crippen LogP contribution in [0, 0.1) is 5.92 Å². The van der Waals surface area contributed by atoms with Gasteiger partial charge in [-0.3, -0.25) is 4.90 Å². The SMILES string of the molecule is COCCCOCCN(CCN)CC(C)C. The minimum Gasteiger partial charge on any atom is -0.385 e. The lowest BCUT2D eigenvalue weighted by molar-refractivity contribution is 0.0817. The quantitative estimate of drug-likeness (QED) is 0.539. The van der Waals surface area contributed by atoms with Crippen molar-refractivity contribution in [2.45, 2.75) is 20.3 Å². The minimum absolute atomic E-state index is 0.681. The summed E-state index contributed by atoms with van der Waals surface area (Å²) in [5, 5.41) is 0. The van der Waals surface area contributed by atoms with Crippen molar-refractivity contribution >= 4 is 0 Å². The van der Waals surface area contributed by atoms with Crippen LogP contribution in [0.5, 0.6) is 0 Å². The molecule has 0 saturated heterocycles. The maximum Gasteiger partial charge on any atom is 0.0593 e. The molecule has 0 spiro atoms. The largest absolute Gasteiger partial charge is 0.385 e. The monoisotopic (exact) mass is 232 g/mol. The number of ether oxygens (including phenoxy) is 2. The summed E-state index contributed by atoms with van der Waals surface area (Å²) in [6.45, 7) is 10.5. The van der Waals surface area contributed by atoms with Crippen LogP contribution in [0.4, 0.5) is 0 Å². The Kier molecular flexibility index (Phi) is 11.2. The molecule has 0 radical (unpaired) electrons. The van der Waals surface area contributed by atoms with E-state index in [0.717, 1.165) is 52.4 Å². The molecule has 98 valence electrons. The lowest BCUT2D eigenvalue weighted by Crippen LogP contribution is -2.35. The molecule has 0 fully saturated rings. The van der Waals surface area contributed by atoms with Crippen molar-refractivity contribution in [1.82, 2.24) is 4.90 Å². The predicted molar refractivity (Wildman–Crippen MR) is 67.6 cm³/mol. The van der Waals surface area contributed by atoms with Crippen molar-refractivity contribution in [3.63, 3.8) is 0 Å². The Bertz CT molecular complexity index is 143. The predicted octanol–water partition coefficient (Wildman–Crippen LogP) is 0.956. The van der Waals surface area contributed by atoms with E-state index in [0.29, 0.717) is 5.92 Å². The van der Waals surface area contributed by atoms with Gasteiger partial charge in [-0.2, -0.15) is 0 Å². The van der Waals surface area contributed by atoms with Gasteiger partial charge in [-0.15, -0.1) is 0 Å². The Morgan fingerprint density at radius 3 is 2.44 bits per heavy atom. The highest BCUT2D eigenvalue weighted by Crippen LogP contribution is 1.97. The third-order valence-electron chi connectivity index (χ3n) is 2.26. The second-order valence-corrected chi connectivity index (χ2v) is 4.44. The fourth-order valence-corrected chi connectivity index (χ4v) is 1.59. The highest BCUT2D eigenvalue weighted by Gasteiger charge is 2.05. The van der Waals surface area contributed by atoms with Crippen LogP contribution in [0.15, 0.2) is 0 Å². The van der Waals surface area contributed by atoms with Gasteiger partial charge < -0.3 is 15.2 Å². The zero-order valence-electron chi connectivity index (χ0n) is 11.1. The van der Waals surface area contributed by atoms with E-state index >= 15 is 0 Å². The van der Waals surface area contributed by atoms with Crippen molar-refractivity contribution in [3.05, 3.63) is 0 Å². The van der Waals surface area contributed by atoms with Crippen molar-refractivity contribution in [2.24, 2.45) is 11.7 Å². The summed E-state index contributed by atoms with van der Waals surface area (Å²) in [7, 11) is 1.71. The Labute approximate surface area is 100 Å². The van der Waals surface area contributed by atoms with E-state index in [9.17, 15) is 0 Å². The summed E-state index contributed by atoms with van der Waals surface area (Å²) in [6, 6.07) is 0. The average Bonchev–Trinajstić information content (AvgIpc) is 2.22. The molecule has 16 heavy (non-hydrogen) atoms. The summed E-state index contributed by atoms with van der Waals surface area (Å²) < 4.78 is 10.5. The fourth-order valence-electron chi connectivity index (χ4n) is 1.59. The van der Waals surface area contributed by atoms with Crippen LogP contribution in [-0.2, 0) is 9.47 Å². The lowest BCUT2D eigenvalue weighted by Gasteiger charge is -2.23. The number of nitrogens with two attached hydrogens (primary N) is 1. The molecule has 0 aromatic heterocycles. The van der Waals surface area contributed by atoms with E-state index in [-0.39, 0.29) is 0 Å². The molecule has 0 unspecified atom stereocenters. The van der Waals surface area contributed by atoms with Crippen LogP contribution in [-0.4, -0.2) is 58.0 Å². The Morgan fingerprint density at radius 2 is 1.88 bits per heavy atom. The third-order valence-corrected chi connectivity index (χ3v) is 2.26. The van der Waals surface area contributed by atoms with Crippen molar-refractivity contribution in [2.75, 3.05) is 53.1 Å². The molecule has 4 nitrogen and oxygen atoms in total. The topological polar surface area (TPSA) is 47.7 Å². The normalized spacial score (nSPS) is 11.6. The maximum atomic E-state index is 5.58. The van der Waals surface area contributed by atoms with E-state index in [1.54, 1.807) is 7.11 Å². The van der Waals surface area contributed by atoms with E-state index in [1.165, 1.54) is 0 Å². The second kappa shape index (κ2) is 11.3. The van der Waals surface area contributed by atoms with Gasteiger partial charge in [0.15, 0.2) is 0 Å². The van der Waals surface area contributed by atoms with Crippen LogP contribution in [0.1, 0.15) is 20.3 Å². The smallest absolute Gasteiger partial charge is 0.0593 e. The van der Waals surface area contributed by atoms with Crippen LogP contribution < -0.4 is 5.73 Å². The lowest BCUT2D eigenvalue weighted by atomic mass is 10.2. The number of hydrogen-bond acceptors (Lipinski definition) is 4. The van der Waals surface area contributed by atoms with Crippen LogP contribution in [0.3, 0.4) is 0 Å². The standard InChI is InChI=1S/C12H28N2O2/c1-12(2)11-14(6-5-13)7-10-16-9-4-8-15-3/h12H,4-11,13H2,1-3H3. The molecule has 0 aliphatic rings. The molecule has 4 heteroatoms. The molecule has 0 heterocycles. The van der Waals surface area contributed by atoms with Crippen LogP contribution in [0.2, 0.25) is 0 Å². The highest BCUT2D eigenvalue weighted by molar-refractivity contribution is 4.60. The van der Waals surface area contributed by atoms with Gasteiger partial charge in [0.25, 0.3) is 0 Å². The van der Waals surface area contributed by atoms with Gasteiger partial charge >= 0.3 is 0 Å². The molecule has 0 saturated carbocycles. The molecule has 2 N–H and O–H groups in total. The molecule has 0 rings (SSSR count). The van der Waals surface area contributed by atoms with E-state index < -0.39 is 0 Å². The summed E-state index contributed by atoms with van der Waals surface area (Å²) in [4.78, 5) is 2.36. The van der Waals surface area contributed by atoms with Crippen LogP contribution >= 0.6 is 0 Å². The molecule has 0 atom stereocenters. The number of methoxy groups -OCH3 is 1. The van der Waals surface area contributed by atoms with Crippen molar-refractivity contribution in [3.8, 4) is 0 Å². The molecule has 0 aromatic carbocycles. The van der Waals surface area contributed by atoms with E-state index in [2.05, 4.69) is 18.7 Å². The summed E-state index contributed by atoms with van der Waals surface area (Å²) in [6.07, 6.45) is 0.970. The first-order chi connectivity index (χ1) is 7.70. The van der Waals surface area contributed by atoms with Gasteiger partial charge in [0.2, 0.25) is 0 Å². The second-order valence-electron chi connectivity index (χ2n) is 4.44. The van der Waals surface area contributed by atoms with Gasteiger partial charge in [0.05, 0.1) is 6.61 Å². The first-order valence-electron chi connectivity index (χ1n) is 6.19. The molecule has 0 aliphatic heterocycles. The first kappa shape index (κ1) is 15.8. The Balaban J connectivity index is 3.44. The highest BCUT2D eigenvalue weighted by atomic mass is 16.5. The summed E-state index contributed by atoms with van der Waals surface area (Å²) in [5.74, 6) is 0.681. The number of hydrogen-bond donors (Lipinski definition) is 1. The molecular formula is C12H28N2O2. The summed E-state index contributed by atoms with van der Waals surface area (Å²) in [5.41, 5.74) is 5.58. The molecule has 0 bridgehead atoms. The van der Waals surface area contributed by atoms with Gasteiger partial charge in [-0.25, -0.2) is 0 Å². The maximum absolute atomic E-state index is 5.58. The average molecular weight is 232 g/mol. The summed E-state index contributed by atoms with van der Waals surface area (Å²) >= 11 is 0. The minimum atomic E-state index is 0.681. The number of rotatable bonds is 11. The molecule has 0 amide bonds. The number of nitrogens with zero attached hydrogens (tertiary/aromatic N) is 1. The zero-order chi connectivity index (χ0) is 12.2. The third kappa shape index (κ3) is 10.4. The first-order valence-corrected chi connectivity index (χ1v) is 6.19. The Morgan fingerprint density at radius 1 is 1.12 bits per heavy atom.